The van der Waals surface area contributed by atoms with Crippen molar-refractivity contribution in [1.82, 2.24) is 0 Å². The van der Waals surface area contributed by atoms with E-state index in [2.05, 4.69) is 4.74 Å². The Morgan fingerprint density at radius 1 is 1.03 bits per heavy atom. The standard InChI is InChI=1S/C20H14F3NO8/c21-20(22,23)19(12-1-3-14-15(8-12)29-6-5-28-14)32-18(25)4-2-11-7-16-17(31-10-30-16)9-13(11)24(26)27/h1-4,7-9,19H,5-6,10H2/b4-2+. The summed E-state index contributed by atoms with van der Waals surface area (Å²) < 4.78 is 66.1. The topological polar surface area (TPSA) is 106 Å². The van der Waals surface area contributed by atoms with E-state index in [1.807, 2.05) is 0 Å². The van der Waals surface area contributed by atoms with E-state index in [-0.39, 0.29) is 54.1 Å². The zero-order valence-corrected chi connectivity index (χ0v) is 16.1. The molecule has 2 aromatic carbocycles. The molecule has 2 aliphatic heterocycles. The Morgan fingerprint density at radius 2 is 1.69 bits per heavy atom. The third-order valence-electron chi connectivity index (χ3n) is 4.52. The number of halogens is 3. The average Bonchev–Trinajstić information content (AvgIpc) is 3.21. The van der Waals surface area contributed by atoms with Gasteiger partial charge in [0.2, 0.25) is 12.9 Å². The summed E-state index contributed by atoms with van der Waals surface area (Å²) >= 11 is 0. The average molecular weight is 453 g/mol. The quantitative estimate of drug-likeness (QED) is 0.290. The monoisotopic (exact) mass is 453 g/mol. The van der Waals surface area contributed by atoms with Gasteiger partial charge in [-0.25, -0.2) is 4.79 Å². The van der Waals surface area contributed by atoms with E-state index in [0.29, 0.717) is 6.08 Å². The number of esters is 1. The van der Waals surface area contributed by atoms with Gasteiger partial charge in [-0.3, -0.25) is 10.1 Å². The highest BCUT2D eigenvalue weighted by Gasteiger charge is 2.44. The molecule has 0 saturated heterocycles. The maximum Gasteiger partial charge on any atom is 0.429 e. The number of alkyl halides is 3. The van der Waals surface area contributed by atoms with Crippen LogP contribution in [0.5, 0.6) is 23.0 Å². The molecule has 0 spiro atoms. The smallest absolute Gasteiger partial charge is 0.429 e. The molecule has 2 heterocycles. The van der Waals surface area contributed by atoms with E-state index in [4.69, 9.17) is 18.9 Å². The van der Waals surface area contributed by atoms with Gasteiger partial charge in [0.25, 0.3) is 5.69 Å². The Bertz CT molecular complexity index is 1100. The molecule has 2 aliphatic rings. The molecule has 168 valence electrons. The molecule has 32 heavy (non-hydrogen) atoms. The lowest BCUT2D eigenvalue weighted by Gasteiger charge is -2.23. The van der Waals surface area contributed by atoms with Gasteiger partial charge in [0.1, 0.15) is 13.2 Å². The number of nitro benzene ring substituents is 1. The van der Waals surface area contributed by atoms with Crippen molar-refractivity contribution in [3.8, 4) is 23.0 Å². The second-order valence-corrected chi connectivity index (χ2v) is 6.62. The Kier molecular flexibility index (Phi) is 5.51. The summed E-state index contributed by atoms with van der Waals surface area (Å²) in [5, 5.41) is 11.3. The largest absolute Gasteiger partial charge is 0.486 e. The fourth-order valence-electron chi connectivity index (χ4n) is 3.10. The molecule has 0 amide bonds. The van der Waals surface area contributed by atoms with E-state index in [1.54, 1.807) is 0 Å². The van der Waals surface area contributed by atoms with Crippen molar-refractivity contribution in [2.45, 2.75) is 12.3 Å². The number of hydrogen-bond acceptors (Lipinski definition) is 8. The molecular weight excluding hydrogens is 439 g/mol. The highest BCUT2D eigenvalue weighted by atomic mass is 19.4. The summed E-state index contributed by atoms with van der Waals surface area (Å²) in [6, 6.07) is 5.84. The maximum atomic E-state index is 13.6. The Balaban J connectivity index is 1.56. The van der Waals surface area contributed by atoms with Crippen LogP contribution in [0.4, 0.5) is 18.9 Å². The second kappa shape index (κ2) is 8.29. The number of hydrogen-bond donors (Lipinski definition) is 0. The number of carbonyl (C=O) groups excluding carboxylic acids is 1. The van der Waals surface area contributed by atoms with Crippen molar-refractivity contribution in [2.75, 3.05) is 20.0 Å². The highest BCUT2D eigenvalue weighted by Crippen LogP contribution is 2.41. The summed E-state index contributed by atoms with van der Waals surface area (Å²) in [5.74, 6) is -0.623. The zero-order chi connectivity index (χ0) is 22.9. The summed E-state index contributed by atoms with van der Waals surface area (Å²) in [4.78, 5) is 22.7. The molecule has 0 N–H and O–H groups in total. The highest BCUT2D eigenvalue weighted by molar-refractivity contribution is 5.88. The van der Waals surface area contributed by atoms with Gasteiger partial charge >= 0.3 is 12.1 Å². The van der Waals surface area contributed by atoms with E-state index in [9.17, 15) is 28.1 Å². The molecule has 0 aliphatic carbocycles. The number of benzene rings is 2. The van der Waals surface area contributed by atoms with Crippen molar-refractivity contribution >= 4 is 17.7 Å². The Morgan fingerprint density at radius 3 is 2.38 bits per heavy atom. The molecular formula is C20H14F3NO8. The first-order chi connectivity index (χ1) is 15.2. The van der Waals surface area contributed by atoms with Gasteiger partial charge in [-0.05, 0) is 24.3 Å². The summed E-state index contributed by atoms with van der Waals surface area (Å²) in [6.45, 7) is 0.301. The van der Waals surface area contributed by atoms with Gasteiger partial charge in [-0.2, -0.15) is 13.2 Å². The van der Waals surface area contributed by atoms with Crippen LogP contribution in [0.25, 0.3) is 6.08 Å². The third kappa shape index (κ3) is 4.38. The summed E-state index contributed by atoms with van der Waals surface area (Å²) in [7, 11) is 0. The van der Waals surface area contributed by atoms with Gasteiger partial charge in [-0.1, -0.05) is 6.07 Å². The van der Waals surface area contributed by atoms with Crippen molar-refractivity contribution in [1.29, 1.82) is 0 Å². The predicted molar refractivity (Wildman–Crippen MR) is 101 cm³/mol. The molecule has 4 rings (SSSR count). The maximum absolute atomic E-state index is 13.6. The lowest BCUT2D eigenvalue weighted by Crippen LogP contribution is -2.26. The normalized spacial score (nSPS) is 15.5. The van der Waals surface area contributed by atoms with E-state index >= 15 is 0 Å². The number of rotatable bonds is 5. The number of fused-ring (bicyclic) bond motifs is 2. The fourth-order valence-corrected chi connectivity index (χ4v) is 3.10. The Labute approximate surface area is 178 Å². The van der Waals surface area contributed by atoms with Crippen LogP contribution in [0.3, 0.4) is 0 Å². The molecule has 2 aromatic rings. The number of nitrogens with zero attached hydrogens (tertiary/aromatic N) is 1. The zero-order valence-electron chi connectivity index (χ0n) is 16.1. The van der Waals surface area contributed by atoms with Crippen LogP contribution in [0.2, 0.25) is 0 Å². The second-order valence-electron chi connectivity index (χ2n) is 6.62. The first-order valence-electron chi connectivity index (χ1n) is 9.15. The van der Waals surface area contributed by atoms with E-state index < -0.39 is 28.9 Å². The third-order valence-corrected chi connectivity index (χ3v) is 4.52. The molecule has 0 saturated carbocycles. The van der Waals surface area contributed by atoms with Crippen molar-refractivity contribution < 1.29 is 46.6 Å². The van der Waals surface area contributed by atoms with Crippen LogP contribution < -0.4 is 18.9 Å². The molecule has 0 radical (unpaired) electrons. The van der Waals surface area contributed by atoms with Gasteiger partial charge in [-0.15, -0.1) is 0 Å². The predicted octanol–water partition coefficient (Wildman–Crippen LogP) is 3.95. The van der Waals surface area contributed by atoms with Gasteiger partial charge in [0, 0.05) is 11.6 Å². The first kappa shape index (κ1) is 21.3. The molecule has 1 unspecified atom stereocenters. The molecule has 0 bridgehead atoms. The van der Waals surface area contributed by atoms with Crippen LogP contribution >= 0.6 is 0 Å². The minimum atomic E-state index is -4.92. The van der Waals surface area contributed by atoms with Crippen molar-refractivity contribution in [3.05, 3.63) is 57.6 Å². The number of nitro groups is 1. The lowest BCUT2D eigenvalue weighted by atomic mass is 10.1. The van der Waals surface area contributed by atoms with Crippen LogP contribution in [-0.4, -0.2) is 37.1 Å². The van der Waals surface area contributed by atoms with Gasteiger partial charge in [0.15, 0.2) is 23.0 Å². The first-order valence-corrected chi connectivity index (χ1v) is 9.15. The van der Waals surface area contributed by atoms with Crippen molar-refractivity contribution in [3.63, 3.8) is 0 Å². The number of carbonyl (C=O) groups is 1. The summed E-state index contributed by atoms with van der Waals surface area (Å²) in [6.07, 6.45) is -5.86. The molecule has 1 atom stereocenters. The van der Waals surface area contributed by atoms with Crippen LogP contribution in [0.1, 0.15) is 17.2 Å². The molecule has 0 fully saturated rings. The van der Waals surface area contributed by atoms with Crippen LogP contribution in [-0.2, 0) is 9.53 Å². The molecule has 12 heteroatoms. The fraction of sp³-hybridized carbons (Fsp3) is 0.250. The number of ether oxygens (including phenoxy) is 5. The minimum absolute atomic E-state index is 0.0703. The lowest BCUT2D eigenvalue weighted by molar-refractivity contribution is -0.385. The Hall–Kier alpha value is -3.96. The van der Waals surface area contributed by atoms with E-state index in [0.717, 1.165) is 24.3 Å². The van der Waals surface area contributed by atoms with Crippen LogP contribution in [0, 0.1) is 10.1 Å². The molecule has 9 nitrogen and oxygen atoms in total. The minimum Gasteiger partial charge on any atom is -0.486 e. The molecule has 0 aromatic heterocycles. The van der Waals surface area contributed by atoms with Crippen molar-refractivity contribution in [2.24, 2.45) is 0 Å². The summed E-state index contributed by atoms with van der Waals surface area (Å²) in [5.41, 5.74) is -0.853. The SMILES string of the molecule is O=C(/C=C/c1cc2c(cc1[N+](=O)[O-])OCO2)OC(c1ccc2c(c1)OCCO2)C(F)(F)F. The van der Waals surface area contributed by atoms with E-state index in [1.165, 1.54) is 12.1 Å². The van der Waals surface area contributed by atoms with Gasteiger partial charge < -0.3 is 23.7 Å². The van der Waals surface area contributed by atoms with Crippen LogP contribution in [0.15, 0.2) is 36.4 Å². The van der Waals surface area contributed by atoms with Gasteiger partial charge in [0.05, 0.1) is 16.6 Å².